The van der Waals surface area contributed by atoms with Crippen molar-refractivity contribution in [2.24, 2.45) is 5.90 Å². The summed E-state index contributed by atoms with van der Waals surface area (Å²) in [5, 5.41) is 0. The minimum absolute atomic E-state index is 0.0962. The maximum atomic E-state index is 5.13. The molecular formula is C13H11N5O. The lowest BCUT2D eigenvalue weighted by atomic mass is 10.1. The van der Waals surface area contributed by atoms with E-state index in [1.165, 1.54) is 0 Å². The zero-order valence-corrected chi connectivity index (χ0v) is 10.0. The Morgan fingerprint density at radius 2 is 1.79 bits per heavy atom. The maximum Gasteiger partial charge on any atom is 0.338 e. The molecule has 19 heavy (non-hydrogen) atoms. The first-order chi connectivity index (χ1) is 9.36. The van der Waals surface area contributed by atoms with Crippen LogP contribution in [-0.2, 0) is 6.42 Å². The fraction of sp³-hybridized carbons (Fsp3) is 0.0769. The van der Waals surface area contributed by atoms with Gasteiger partial charge in [-0.1, -0.05) is 30.3 Å². The minimum atomic E-state index is 0.0962. The number of hydrogen-bond acceptors (Lipinski definition) is 6. The largest absolute Gasteiger partial charge is 0.371 e. The Morgan fingerprint density at radius 3 is 2.58 bits per heavy atom. The molecule has 2 aromatic heterocycles. The molecular weight excluding hydrogens is 242 g/mol. The first kappa shape index (κ1) is 11.5. The predicted molar refractivity (Wildman–Crippen MR) is 69.2 cm³/mol. The third-order valence-corrected chi connectivity index (χ3v) is 2.70. The summed E-state index contributed by atoms with van der Waals surface area (Å²) < 4.78 is 0. The van der Waals surface area contributed by atoms with Gasteiger partial charge in [0.1, 0.15) is 5.52 Å². The van der Waals surface area contributed by atoms with E-state index in [1.807, 2.05) is 30.3 Å². The summed E-state index contributed by atoms with van der Waals surface area (Å²) in [6.45, 7) is 0. The highest BCUT2D eigenvalue weighted by Gasteiger charge is 2.10. The molecule has 0 saturated heterocycles. The minimum Gasteiger partial charge on any atom is -0.371 e. The molecule has 2 N–H and O–H groups in total. The van der Waals surface area contributed by atoms with Gasteiger partial charge in [0, 0.05) is 18.8 Å². The summed E-state index contributed by atoms with van der Waals surface area (Å²) in [6, 6.07) is 10.1. The van der Waals surface area contributed by atoms with Crippen LogP contribution in [0.2, 0.25) is 0 Å². The van der Waals surface area contributed by atoms with Crippen molar-refractivity contribution in [2.45, 2.75) is 6.42 Å². The summed E-state index contributed by atoms with van der Waals surface area (Å²) >= 11 is 0. The van der Waals surface area contributed by atoms with E-state index in [9.17, 15) is 0 Å². The van der Waals surface area contributed by atoms with E-state index in [-0.39, 0.29) is 6.01 Å². The van der Waals surface area contributed by atoms with Gasteiger partial charge in [-0.2, -0.15) is 15.9 Å². The van der Waals surface area contributed by atoms with Crippen molar-refractivity contribution >= 4 is 11.2 Å². The Bertz CT molecular complexity index is 702. The number of hydrogen-bond donors (Lipinski definition) is 1. The number of nitrogens with zero attached hydrogens (tertiary/aromatic N) is 4. The fourth-order valence-electron chi connectivity index (χ4n) is 1.87. The van der Waals surface area contributed by atoms with E-state index in [0.29, 0.717) is 17.6 Å². The summed E-state index contributed by atoms with van der Waals surface area (Å²) in [5.41, 5.74) is 3.00. The topological polar surface area (TPSA) is 86.8 Å². The van der Waals surface area contributed by atoms with Crippen LogP contribution in [0.4, 0.5) is 0 Å². The third kappa shape index (κ3) is 2.34. The first-order valence-electron chi connectivity index (χ1n) is 5.75. The molecule has 0 saturated carbocycles. The molecule has 0 unspecified atom stereocenters. The van der Waals surface area contributed by atoms with Crippen molar-refractivity contribution in [1.29, 1.82) is 0 Å². The van der Waals surface area contributed by atoms with E-state index in [2.05, 4.69) is 24.8 Å². The number of rotatable bonds is 3. The second kappa shape index (κ2) is 4.95. The Morgan fingerprint density at radius 1 is 1.00 bits per heavy atom. The highest BCUT2D eigenvalue weighted by molar-refractivity contribution is 5.72. The van der Waals surface area contributed by atoms with E-state index >= 15 is 0 Å². The summed E-state index contributed by atoms with van der Waals surface area (Å²) in [4.78, 5) is 21.3. The van der Waals surface area contributed by atoms with Crippen LogP contribution < -0.4 is 10.7 Å². The average molecular weight is 253 g/mol. The monoisotopic (exact) mass is 253 g/mol. The van der Waals surface area contributed by atoms with E-state index in [0.717, 1.165) is 11.3 Å². The number of benzene rings is 1. The zero-order valence-electron chi connectivity index (χ0n) is 10.0. The molecule has 2 heterocycles. The Hall–Kier alpha value is -2.60. The SMILES string of the molecule is NOc1nc(Cc2ccccc2)c2nccnc2n1. The van der Waals surface area contributed by atoms with Gasteiger partial charge in [0.05, 0.1) is 5.69 Å². The van der Waals surface area contributed by atoms with Crippen LogP contribution in [0, 0.1) is 0 Å². The molecule has 0 spiro atoms. The van der Waals surface area contributed by atoms with E-state index in [1.54, 1.807) is 12.4 Å². The van der Waals surface area contributed by atoms with Crippen LogP contribution >= 0.6 is 0 Å². The molecule has 0 aliphatic carbocycles. The second-order valence-corrected chi connectivity index (χ2v) is 3.96. The van der Waals surface area contributed by atoms with Crippen molar-refractivity contribution in [3.8, 4) is 6.01 Å². The van der Waals surface area contributed by atoms with Gasteiger partial charge in [-0.15, -0.1) is 0 Å². The normalized spacial score (nSPS) is 10.6. The Balaban J connectivity index is 2.11. The average Bonchev–Trinajstić information content (AvgIpc) is 2.48. The van der Waals surface area contributed by atoms with Crippen LogP contribution in [0.25, 0.3) is 11.2 Å². The highest BCUT2D eigenvalue weighted by atomic mass is 16.6. The molecule has 1 aromatic carbocycles. The molecule has 0 amide bonds. The van der Waals surface area contributed by atoms with Crippen molar-refractivity contribution < 1.29 is 4.84 Å². The lowest BCUT2D eigenvalue weighted by Gasteiger charge is -2.05. The third-order valence-electron chi connectivity index (χ3n) is 2.70. The smallest absolute Gasteiger partial charge is 0.338 e. The lowest BCUT2D eigenvalue weighted by molar-refractivity contribution is 0.306. The second-order valence-electron chi connectivity index (χ2n) is 3.96. The number of nitrogens with two attached hydrogens (primary N) is 1. The van der Waals surface area contributed by atoms with Gasteiger partial charge in [-0.25, -0.2) is 9.97 Å². The van der Waals surface area contributed by atoms with Crippen LogP contribution in [0.5, 0.6) is 6.01 Å². The molecule has 0 aliphatic heterocycles. The first-order valence-corrected chi connectivity index (χ1v) is 5.75. The van der Waals surface area contributed by atoms with Gasteiger partial charge in [0.25, 0.3) is 0 Å². The molecule has 3 rings (SSSR count). The van der Waals surface area contributed by atoms with Gasteiger partial charge in [0.15, 0.2) is 5.65 Å². The zero-order chi connectivity index (χ0) is 13.1. The Labute approximate surface area is 109 Å². The molecule has 0 bridgehead atoms. The molecule has 0 fully saturated rings. The molecule has 0 atom stereocenters. The van der Waals surface area contributed by atoms with Crippen molar-refractivity contribution in [2.75, 3.05) is 0 Å². The standard InChI is InChI=1S/C13H11N5O/c14-19-13-17-10(8-9-4-2-1-3-5-9)11-12(18-13)16-7-6-15-11/h1-7H,8,14H2. The molecule has 0 radical (unpaired) electrons. The van der Waals surface area contributed by atoms with Crippen molar-refractivity contribution in [3.05, 3.63) is 54.0 Å². The van der Waals surface area contributed by atoms with Gasteiger partial charge in [-0.05, 0) is 5.56 Å². The van der Waals surface area contributed by atoms with Crippen LogP contribution in [0.1, 0.15) is 11.3 Å². The van der Waals surface area contributed by atoms with Crippen LogP contribution in [-0.4, -0.2) is 19.9 Å². The van der Waals surface area contributed by atoms with Gasteiger partial charge >= 0.3 is 6.01 Å². The summed E-state index contributed by atoms with van der Waals surface area (Å²) in [7, 11) is 0. The van der Waals surface area contributed by atoms with E-state index in [4.69, 9.17) is 5.90 Å². The maximum absolute atomic E-state index is 5.13. The molecule has 6 nitrogen and oxygen atoms in total. The van der Waals surface area contributed by atoms with Gasteiger partial charge < -0.3 is 4.84 Å². The lowest BCUT2D eigenvalue weighted by Crippen LogP contribution is -2.09. The summed E-state index contributed by atoms with van der Waals surface area (Å²) in [5.74, 6) is 5.13. The molecule has 3 aromatic rings. The Kier molecular flexibility index (Phi) is 2.99. The van der Waals surface area contributed by atoms with Crippen LogP contribution in [0.15, 0.2) is 42.7 Å². The van der Waals surface area contributed by atoms with Crippen molar-refractivity contribution in [1.82, 2.24) is 19.9 Å². The predicted octanol–water partition coefficient (Wildman–Crippen LogP) is 1.26. The van der Waals surface area contributed by atoms with E-state index < -0.39 is 0 Å². The van der Waals surface area contributed by atoms with Crippen molar-refractivity contribution in [3.63, 3.8) is 0 Å². The number of aromatic nitrogens is 4. The quantitative estimate of drug-likeness (QED) is 0.707. The molecule has 6 heteroatoms. The fourth-order valence-corrected chi connectivity index (χ4v) is 1.87. The highest BCUT2D eigenvalue weighted by Crippen LogP contribution is 2.17. The summed E-state index contributed by atoms with van der Waals surface area (Å²) in [6.07, 6.45) is 3.81. The molecule has 0 aliphatic rings. The van der Waals surface area contributed by atoms with Crippen LogP contribution in [0.3, 0.4) is 0 Å². The van der Waals surface area contributed by atoms with Gasteiger partial charge in [0.2, 0.25) is 0 Å². The number of fused-ring (bicyclic) bond motifs is 1. The van der Waals surface area contributed by atoms with Gasteiger partial charge in [-0.3, -0.25) is 0 Å². The molecule has 94 valence electrons.